The average Bonchev–Trinajstić information content (AvgIpc) is 2.82. The molecule has 0 aliphatic rings. The fourth-order valence-corrected chi connectivity index (χ4v) is 1.80. The fraction of sp³-hybridized carbons (Fsp3) is 0.214. The van der Waals surface area contributed by atoms with Crippen molar-refractivity contribution in [2.75, 3.05) is 7.05 Å². The molecule has 3 heteroatoms. The Kier molecular flexibility index (Phi) is 3.59. The summed E-state index contributed by atoms with van der Waals surface area (Å²) in [5.74, 6) is 0. The van der Waals surface area contributed by atoms with Crippen molar-refractivity contribution >= 4 is 0 Å². The van der Waals surface area contributed by atoms with Crippen molar-refractivity contribution in [1.29, 1.82) is 5.26 Å². The molecule has 0 aliphatic heterocycles. The zero-order chi connectivity index (χ0) is 12.1. The van der Waals surface area contributed by atoms with Gasteiger partial charge in [0.05, 0.1) is 24.2 Å². The van der Waals surface area contributed by atoms with E-state index in [1.807, 2.05) is 37.4 Å². The Balaban J connectivity index is 1.98. The molecule has 86 valence electrons. The molecule has 17 heavy (non-hydrogen) atoms. The van der Waals surface area contributed by atoms with Crippen LogP contribution in [0.5, 0.6) is 0 Å². The first-order valence-corrected chi connectivity index (χ1v) is 5.46. The van der Waals surface area contributed by atoms with Crippen LogP contribution < -0.4 is 0 Å². The van der Waals surface area contributed by atoms with Gasteiger partial charge in [0, 0.05) is 18.7 Å². The maximum Gasteiger partial charge on any atom is 0.0991 e. The number of nitriles is 1. The van der Waals surface area contributed by atoms with E-state index in [-0.39, 0.29) is 0 Å². The van der Waals surface area contributed by atoms with Gasteiger partial charge in [-0.3, -0.25) is 4.90 Å². The highest BCUT2D eigenvalue weighted by Crippen LogP contribution is 2.10. The number of hydrogen-bond donors (Lipinski definition) is 0. The molecule has 0 unspecified atom stereocenters. The zero-order valence-corrected chi connectivity index (χ0v) is 9.76. The fourth-order valence-electron chi connectivity index (χ4n) is 1.80. The van der Waals surface area contributed by atoms with Gasteiger partial charge in [-0.2, -0.15) is 5.26 Å². The summed E-state index contributed by atoms with van der Waals surface area (Å²) in [5, 5.41) is 8.83. The molecular formula is C14H14N2O. The quantitative estimate of drug-likeness (QED) is 0.804. The molecule has 1 aromatic carbocycles. The van der Waals surface area contributed by atoms with Crippen molar-refractivity contribution in [3.05, 3.63) is 59.5 Å². The first-order valence-electron chi connectivity index (χ1n) is 5.46. The molecule has 0 atom stereocenters. The Hall–Kier alpha value is -2.05. The lowest BCUT2D eigenvalue weighted by atomic mass is 10.1. The molecule has 0 bridgehead atoms. The Morgan fingerprint density at radius 2 is 2.06 bits per heavy atom. The Morgan fingerprint density at radius 1 is 1.24 bits per heavy atom. The molecule has 0 spiro atoms. The molecule has 0 saturated heterocycles. The van der Waals surface area contributed by atoms with Crippen molar-refractivity contribution in [1.82, 2.24) is 4.90 Å². The van der Waals surface area contributed by atoms with E-state index >= 15 is 0 Å². The Morgan fingerprint density at radius 3 is 2.76 bits per heavy atom. The zero-order valence-electron chi connectivity index (χ0n) is 9.76. The van der Waals surface area contributed by atoms with Gasteiger partial charge >= 0.3 is 0 Å². The molecule has 0 aliphatic carbocycles. The second kappa shape index (κ2) is 5.33. The molecule has 1 heterocycles. The summed E-state index contributed by atoms with van der Waals surface area (Å²) in [7, 11) is 2.05. The number of benzene rings is 1. The largest absolute Gasteiger partial charge is 0.472 e. The predicted octanol–water partition coefficient (Wildman–Crippen LogP) is 2.78. The smallest absolute Gasteiger partial charge is 0.0991 e. The summed E-state index contributed by atoms with van der Waals surface area (Å²) in [5.41, 5.74) is 3.01. The second-order valence-electron chi connectivity index (χ2n) is 4.12. The van der Waals surface area contributed by atoms with Gasteiger partial charge in [0.2, 0.25) is 0 Å². The summed E-state index contributed by atoms with van der Waals surface area (Å²) in [6, 6.07) is 11.8. The minimum Gasteiger partial charge on any atom is -0.472 e. The number of hydrogen-bond acceptors (Lipinski definition) is 3. The van der Waals surface area contributed by atoms with Crippen LogP contribution in [-0.2, 0) is 13.1 Å². The minimum atomic E-state index is 0.708. The van der Waals surface area contributed by atoms with Crippen LogP contribution in [-0.4, -0.2) is 11.9 Å². The second-order valence-corrected chi connectivity index (χ2v) is 4.12. The summed E-state index contributed by atoms with van der Waals surface area (Å²) in [6.07, 6.45) is 3.43. The van der Waals surface area contributed by atoms with Crippen LogP contribution in [0.4, 0.5) is 0 Å². The van der Waals surface area contributed by atoms with Crippen LogP contribution in [0.1, 0.15) is 16.7 Å². The highest BCUT2D eigenvalue weighted by atomic mass is 16.3. The van der Waals surface area contributed by atoms with Crippen molar-refractivity contribution in [3.63, 3.8) is 0 Å². The van der Waals surface area contributed by atoms with Crippen molar-refractivity contribution in [3.8, 4) is 6.07 Å². The van der Waals surface area contributed by atoms with Gasteiger partial charge in [0.15, 0.2) is 0 Å². The van der Waals surface area contributed by atoms with Crippen LogP contribution in [0.2, 0.25) is 0 Å². The third-order valence-corrected chi connectivity index (χ3v) is 2.54. The normalized spacial score (nSPS) is 10.4. The lowest BCUT2D eigenvalue weighted by molar-refractivity contribution is 0.318. The van der Waals surface area contributed by atoms with Gasteiger partial charge in [-0.1, -0.05) is 12.1 Å². The van der Waals surface area contributed by atoms with Crippen molar-refractivity contribution in [2.45, 2.75) is 13.1 Å². The van der Waals surface area contributed by atoms with Gasteiger partial charge < -0.3 is 4.42 Å². The van der Waals surface area contributed by atoms with E-state index in [9.17, 15) is 0 Å². The highest BCUT2D eigenvalue weighted by Gasteiger charge is 2.03. The molecule has 0 fully saturated rings. The predicted molar refractivity (Wildman–Crippen MR) is 65.0 cm³/mol. The first kappa shape index (κ1) is 11.4. The molecule has 3 nitrogen and oxygen atoms in total. The van der Waals surface area contributed by atoms with Crippen LogP contribution in [0.3, 0.4) is 0 Å². The maximum atomic E-state index is 8.83. The molecule has 0 saturated carbocycles. The average molecular weight is 226 g/mol. The molecule has 2 aromatic rings. The Bertz CT molecular complexity index is 511. The third-order valence-electron chi connectivity index (χ3n) is 2.54. The van der Waals surface area contributed by atoms with E-state index in [0.717, 1.165) is 24.2 Å². The van der Waals surface area contributed by atoms with Crippen LogP contribution in [0.25, 0.3) is 0 Å². The molecule has 1 aromatic heterocycles. The van der Waals surface area contributed by atoms with E-state index in [4.69, 9.17) is 9.68 Å². The van der Waals surface area contributed by atoms with Gasteiger partial charge in [-0.05, 0) is 30.8 Å². The third kappa shape index (κ3) is 3.20. The Labute approximate surface area is 101 Å². The van der Waals surface area contributed by atoms with Crippen molar-refractivity contribution in [2.24, 2.45) is 0 Å². The lowest BCUT2D eigenvalue weighted by Gasteiger charge is -2.15. The summed E-state index contributed by atoms with van der Waals surface area (Å²) < 4.78 is 5.03. The van der Waals surface area contributed by atoms with E-state index in [0.29, 0.717) is 5.56 Å². The number of rotatable bonds is 4. The lowest BCUT2D eigenvalue weighted by Crippen LogP contribution is -2.16. The molecule has 0 radical (unpaired) electrons. The van der Waals surface area contributed by atoms with E-state index in [1.54, 1.807) is 12.5 Å². The number of nitrogens with zero attached hydrogens (tertiary/aromatic N) is 2. The highest BCUT2D eigenvalue weighted by molar-refractivity contribution is 5.32. The topological polar surface area (TPSA) is 40.2 Å². The van der Waals surface area contributed by atoms with E-state index in [1.165, 1.54) is 0 Å². The van der Waals surface area contributed by atoms with Crippen LogP contribution in [0.15, 0.2) is 47.3 Å². The molecule has 0 N–H and O–H groups in total. The van der Waals surface area contributed by atoms with Gasteiger partial charge in [0.1, 0.15) is 0 Å². The van der Waals surface area contributed by atoms with Crippen LogP contribution >= 0.6 is 0 Å². The van der Waals surface area contributed by atoms with E-state index in [2.05, 4.69) is 11.0 Å². The number of furan rings is 1. The molecule has 0 amide bonds. The van der Waals surface area contributed by atoms with Gasteiger partial charge in [0.25, 0.3) is 0 Å². The monoisotopic (exact) mass is 226 g/mol. The first-order chi connectivity index (χ1) is 8.28. The van der Waals surface area contributed by atoms with Crippen LogP contribution in [0, 0.1) is 11.3 Å². The molecular weight excluding hydrogens is 212 g/mol. The summed E-state index contributed by atoms with van der Waals surface area (Å²) in [4.78, 5) is 2.18. The SMILES string of the molecule is CN(Cc1ccoc1)Cc1cccc(C#N)c1. The standard InChI is InChI=1S/C14H14N2O/c1-16(10-14-5-6-17-11-14)9-13-4-2-3-12(7-13)8-15/h2-7,11H,9-10H2,1H3. The van der Waals surface area contributed by atoms with Crippen molar-refractivity contribution < 1.29 is 4.42 Å². The minimum absolute atomic E-state index is 0.708. The summed E-state index contributed by atoms with van der Waals surface area (Å²) in [6.45, 7) is 1.66. The van der Waals surface area contributed by atoms with Gasteiger partial charge in [-0.15, -0.1) is 0 Å². The van der Waals surface area contributed by atoms with E-state index < -0.39 is 0 Å². The maximum absolute atomic E-state index is 8.83. The van der Waals surface area contributed by atoms with Gasteiger partial charge in [-0.25, -0.2) is 0 Å². The summed E-state index contributed by atoms with van der Waals surface area (Å²) >= 11 is 0. The molecule has 2 rings (SSSR count).